The Hall–Kier alpha value is -2.73. The van der Waals surface area contributed by atoms with Gasteiger partial charge in [-0.15, -0.1) is 0 Å². The molecule has 0 aliphatic rings. The van der Waals surface area contributed by atoms with E-state index in [0.29, 0.717) is 17.0 Å². The molecule has 2 aromatic carbocycles. The van der Waals surface area contributed by atoms with Gasteiger partial charge in [0.1, 0.15) is 6.54 Å². The number of nitrogens with zero attached hydrogens (tertiary/aromatic N) is 2. The average molecular weight is 382 g/mol. The minimum absolute atomic E-state index is 0.0254. The summed E-state index contributed by atoms with van der Waals surface area (Å²) in [5, 5.41) is 0. The molecule has 5 nitrogen and oxygen atoms in total. The van der Waals surface area contributed by atoms with Gasteiger partial charge in [-0.25, -0.2) is 0 Å². The normalized spacial score (nSPS) is 11.8. The summed E-state index contributed by atoms with van der Waals surface area (Å²) >= 11 is 1.40. The van der Waals surface area contributed by atoms with Crippen LogP contribution in [0.2, 0.25) is 0 Å². The van der Waals surface area contributed by atoms with E-state index in [0.717, 1.165) is 26.9 Å². The van der Waals surface area contributed by atoms with Crippen molar-refractivity contribution in [2.24, 2.45) is 4.99 Å². The summed E-state index contributed by atoms with van der Waals surface area (Å²) in [4.78, 5) is 29.8. The molecule has 0 bridgehead atoms. The smallest absolute Gasteiger partial charge is 0.326 e. The topological polar surface area (TPSA) is 60.7 Å². The fraction of sp³-hybridized carbons (Fsp3) is 0.286. The number of aryl methyl sites for hydroxylation is 3. The predicted molar refractivity (Wildman–Crippen MR) is 107 cm³/mol. The Balaban J connectivity index is 2.16. The fourth-order valence-electron chi connectivity index (χ4n) is 2.99. The SMILES string of the molecule is CCOC(=O)Cn1c(=NC(=O)c2cc(C)ccc2C)sc2cccc(C)c21. The number of rotatable bonds is 4. The van der Waals surface area contributed by atoms with Gasteiger partial charge in [0.2, 0.25) is 0 Å². The Morgan fingerprint density at radius 2 is 1.89 bits per heavy atom. The van der Waals surface area contributed by atoms with Crippen LogP contribution >= 0.6 is 11.3 Å². The first-order valence-corrected chi connectivity index (χ1v) is 9.63. The molecule has 0 spiro atoms. The minimum Gasteiger partial charge on any atom is -0.465 e. The number of carbonyl (C=O) groups excluding carboxylic acids is 2. The van der Waals surface area contributed by atoms with E-state index in [1.54, 1.807) is 11.5 Å². The Labute approximate surface area is 161 Å². The molecule has 0 fully saturated rings. The summed E-state index contributed by atoms with van der Waals surface area (Å²) in [5.41, 5.74) is 4.39. The van der Waals surface area contributed by atoms with Crippen LogP contribution in [0.1, 0.15) is 34.0 Å². The van der Waals surface area contributed by atoms with Crippen LogP contribution in [0.25, 0.3) is 10.2 Å². The number of thiazole rings is 1. The summed E-state index contributed by atoms with van der Waals surface area (Å²) in [7, 11) is 0. The lowest BCUT2D eigenvalue weighted by molar-refractivity contribution is -0.143. The molecule has 0 aliphatic heterocycles. The van der Waals surface area contributed by atoms with Crippen LogP contribution in [0, 0.1) is 20.8 Å². The Kier molecular flexibility index (Phi) is 5.56. The Bertz CT molecular complexity index is 1090. The molecule has 3 rings (SSSR count). The van der Waals surface area contributed by atoms with Crippen LogP contribution in [0.4, 0.5) is 0 Å². The van der Waals surface area contributed by atoms with Gasteiger partial charge in [0.25, 0.3) is 5.91 Å². The monoisotopic (exact) mass is 382 g/mol. The zero-order valence-electron chi connectivity index (χ0n) is 15.9. The maximum Gasteiger partial charge on any atom is 0.326 e. The summed E-state index contributed by atoms with van der Waals surface area (Å²) in [6, 6.07) is 11.6. The first-order valence-electron chi connectivity index (χ1n) is 8.81. The zero-order chi connectivity index (χ0) is 19.6. The highest BCUT2D eigenvalue weighted by Gasteiger charge is 2.15. The molecule has 1 amide bonds. The number of esters is 1. The molecule has 27 heavy (non-hydrogen) atoms. The molecule has 0 saturated carbocycles. The van der Waals surface area contributed by atoms with Crippen LogP contribution < -0.4 is 4.80 Å². The summed E-state index contributed by atoms with van der Waals surface area (Å²) in [6.45, 7) is 7.93. The highest BCUT2D eigenvalue weighted by molar-refractivity contribution is 7.16. The van der Waals surface area contributed by atoms with Gasteiger partial charge in [0, 0.05) is 5.56 Å². The summed E-state index contributed by atoms with van der Waals surface area (Å²) in [6.07, 6.45) is 0. The molecular weight excluding hydrogens is 360 g/mol. The van der Waals surface area contributed by atoms with Gasteiger partial charge in [-0.05, 0) is 51.0 Å². The van der Waals surface area contributed by atoms with Crippen molar-refractivity contribution < 1.29 is 14.3 Å². The number of ether oxygens (including phenoxy) is 1. The van der Waals surface area contributed by atoms with E-state index in [2.05, 4.69) is 4.99 Å². The number of hydrogen-bond acceptors (Lipinski definition) is 4. The Morgan fingerprint density at radius 1 is 1.11 bits per heavy atom. The number of amides is 1. The molecule has 0 saturated heterocycles. The van der Waals surface area contributed by atoms with Crippen molar-refractivity contribution in [2.75, 3.05) is 6.61 Å². The first kappa shape index (κ1) is 19.0. The Morgan fingerprint density at radius 3 is 2.63 bits per heavy atom. The predicted octanol–water partition coefficient (Wildman–Crippen LogP) is 3.93. The standard InChI is InChI=1S/C21H22N2O3S/c1-5-26-18(24)12-23-19-15(4)7-6-8-17(19)27-21(23)22-20(25)16-11-13(2)9-10-14(16)3/h6-11H,5,12H2,1-4H3. The summed E-state index contributed by atoms with van der Waals surface area (Å²) in [5.74, 6) is -0.654. The second kappa shape index (κ2) is 7.88. The van der Waals surface area contributed by atoms with Crippen molar-refractivity contribution >= 4 is 33.4 Å². The zero-order valence-corrected chi connectivity index (χ0v) is 16.7. The van der Waals surface area contributed by atoms with Gasteiger partial charge in [0.05, 0.1) is 16.8 Å². The average Bonchev–Trinajstić information content (AvgIpc) is 2.95. The largest absolute Gasteiger partial charge is 0.465 e. The summed E-state index contributed by atoms with van der Waals surface area (Å²) < 4.78 is 7.85. The van der Waals surface area contributed by atoms with E-state index in [-0.39, 0.29) is 18.4 Å². The van der Waals surface area contributed by atoms with E-state index >= 15 is 0 Å². The van der Waals surface area contributed by atoms with Crippen LogP contribution in [-0.2, 0) is 16.1 Å². The van der Waals surface area contributed by atoms with Crippen molar-refractivity contribution in [3.8, 4) is 0 Å². The number of hydrogen-bond donors (Lipinski definition) is 0. The molecule has 1 heterocycles. The molecule has 0 radical (unpaired) electrons. The minimum atomic E-state index is -0.346. The van der Waals surface area contributed by atoms with Crippen LogP contribution in [0.3, 0.4) is 0 Å². The lowest BCUT2D eigenvalue weighted by Crippen LogP contribution is -2.23. The fourth-order valence-corrected chi connectivity index (χ4v) is 4.09. The first-order chi connectivity index (χ1) is 12.9. The lowest BCUT2D eigenvalue weighted by atomic mass is 10.1. The molecular formula is C21H22N2O3S. The highest BCUT2D eigenvalue weighted by atomic mass is 32.1. The third kappa shape index (κ3) is 4.01. The van der Waals surface area contributed by atoms with Gasteiger partial charge in [-0.3, -0.25) is 9.59 Å². The quantitative estimate of drug-likeness (QED) is 0.642. The molecule has 0 atom stereocenters. The van der Waals surface area contributed by atoms with E-state index in [1.165, 1.54) is 11.3 Å². The molecule has 0 aliphatic carbocycles. The molecule has 1 aromatic heterocycles. The molecule has 0 N–H and O–H groups in total. The maximum absolute atomic E-state index is 12.8. The van der Waals surface area contributed by atoms with Crippen LogP contribution in [0.15, 0.2) is 41.4 Å². The van der Waals surface area contributed by atoms with E-state index in [9.17, 15) is 9.59 Å². The van der Waals surface area contributed by atoms with E-state index in [1.807, 2.05) is 57.2 Å². The van der Waals surface area contributed by atoms with Crippen LogP contribution in [0.5, 0.6) is 0 Å². The van der Waals surface area contributed by atoms with Crippen LogP contribution in [-0.4, -0.2) is 23.1 Å². The van der Waals surface area contributed by atoms with E-state index < -0.39 is 0 Å². The molecule has 0 unspecified atom stereocenters. The van der Waals surface area contributed by atoms with Gasteiger partial charge in [0.15, 0.2) is 4.80 Å². The number of fused-ring (bicyclic) bond motifs is 1. The second-order valence-electron chi connectivity index (χ2n) is 6.43. The number of carbonyl (C=O) groups is 2. The lowest BCUT2D eigenvalue weighted by Gasteiger charge is -2.07. The van der Waals surface area contributed by atoms with Gasteiger partial charge in [-0.1, -0.05) is 41.2 Å². The third-order valence-electron chi connectivity index (χ3n) is 4.32. The van der Waals surface area contributed by atoms with Crippen molar-refractivity contribution in [1.82, 2.24) is 4.57 Å². The van der Waals surface area contributed by atoms with E-state index in [4.69, 9.17) is 4.74 Å². The van der Waals surface area contributed by atoms with Crippen molar-refractivity contribution in [3.63, 3.8) is 0 Å². The number of benzene rings is 2. The van der Waals surface area contributed by atoms with Gasteiger partial charge >= 0.3 is 5.97 Å². The third-order valence-corrected chi connectivity index (χ3v) is 5.36. The second-order valence-corrected chi connectivity index (χ2v) is 7.44. The van der Waals surface area contributed by atoms with Crippen molar-refractivity contribution in [1.29, 1.82) is 0 Å². The van der Waals surface area contributed by atoms with Gasteiger partial charge in [-0.2, -0.15) is 4.99 Å². The maximum atomic E-state index is 12.8. The number of aromatic nitrogens is 1. The molecule has 140 valence electrons. The highest BCUT2D eigenvalue weighted by Crippen LogP contribution is 2.21. The van der Waals surface area contributed by atoms with Crippen molar-refractivity contribution in [2.45, 2.75) is 34.2 Å². The molecule has 6 heteroatoms. The number of para-hydroxylation sites is 1. The molecule has 3 aromatic rings. The van der Waals surface area contributed by atoms with Crippen molar-refractivity contribution in [3.05, 3.63) is 63.5 Å². The van der Waals surface area contributed by atoms with Gasteiger partial charge < -0.3 is 9.30 Å².